The van der Waals surface area contributed by atoms with Crippen molar-refractivity contribution in [2.75, 3.05) is 64.0 Å². The summed E-state index contributed by atoms with van der Waals surface area (Å²) in [6.07, 6.45) is 29.2. The molecule has 2 heterocycles. The summed E-state index contributed by atoms with van der Waals surface area (Å²) < 4.78 is 22.7. The molecule has 2 aliphatic heterocycles. The summed E-state index contributed by atoms with van der Waals surface area (Å²) in [5.41, 5.74) is 1.69. The maximum absolute atomic E-state index is 12.7. The van der Waals surface area contributed by atoms with Crippen molar-refractivity contribution in [1.82, 2.24) is 9.80 Å². The molecule has 412 valence electrons. The van der Waals surface area contributed by atoms with Gasteiger partial charge >= 0.3 is 23.9 Å². The van der Waals surface area contributed by atoms with Crippen LogP contribution in [0.4, 0.5) is 0 Å². The van der Waals surface area contributed by atoms with E-state index in [0.717, 1.165) is 158 Å². The Morgan fingerprint density at radius 3 is 1.41 bits per heavy atom. The number of hydrogen-bond acceptors (Lipinski definition) is 13. The third-order valence-corrected chi connectivity index (χ3v) is 17.0. The Labute approximate surface area is 449 Å². The number of carbonyl (C=O) groups is 4. The van der Waals surface area contributed by atoms with E-state index in [4.69, 9.17) is 18.9 Å². The number of piperidine rings is 2. The molecule has 2 fully saturated rings. The molecule has 0 aromatic heterocycles. The number of benzene rings is 2. The first-order chi connectivity index (χ1) is 35.7. The predicted molar refractivity (Wildman–Crippen MR) is 300 cm³/mol. The van der Waals surface area contributed by atoms with E-state index in [1.807, 2.05) is 33.7 Å². The fourth-order valence-electron chi connectivity index (χ4n) is 9.91. The monoisotopic (exact) mass is 1050 g/mol. The van der Waals surface area contributed by atoms with Crippen molar-refractivity contribution >= 4 is 45.5 Å². The zero-order valence-corrected chi connectivity index (χ0v) is 47.0. The molecule has 73 heavy (non-hydrogen) atoms. The van der Waals surface area contributed by atoms with Crippen molar-refractivity contribution in [3.8, 4) is 11.5 Å². The van der Waals surface area contributed by atoms with Crippen molar-refractivity contribution in [2.45, 2.75) is 206 Å². The first kappa shape index (κ1) is 62.3. The molecule has 0 saturated carbocycles. The van der Waals surface area contributed by atoms with Crippen LogP contribution in [-0.2, 0) is 46.2 Å². The summed E-state index contributed by atoms with van der Waals surface area (Å²) in [5, 5.41) is 9.41. The third-order valence-electron chi connectivity index (χ3n) is 14.7. The summed E-state index contributed by atoms with van der Waals surface area (Å²) in [7, 11) is 3.96. The Balaban J connectivity index is 0.925. The number of esters is 4. The van der Waals surface area contributed by atoms with E-state index in [-0.39, 0.29) is 48.6 Å². The van der Waals surface area contributed by atoms with Gasteiger partial charge in [-0.1, -0.05) is 143 Å². The molecule has 0 bridgehead atoms. The van der Waals surface area contributed by atoms with Gasteiger partial charge < -0.3 is 33.9 Å². The molecular weight excluding hydrogens is 957 g/mol. The average molecular weight is 1050 g/mol. The van der Waals surface area contributed by atoms with Gasteiger partial charge in [0.15, 0.2) is 0 Å². The highest BCUT2D eigenvalue weighted by atomic mass is 33.1. The van der Waals surface area contributed by atoms with Crippen molar-refractivity contribution in [2.24, 2.45) is 11.8 Å². The van der Waals surface area contributed by atoms with Gasteiger partial charge in [0, 0.05) is 37.4 Å². The van der Waals surface area contributed by atoms with Crippen molar-refractivity contribution in [3.63, 3.8) is 0 Å². The van der Waals surface area contributed by atoms with E-state index in [0.29, 0.717) is 43.6 Å². The minimum absolute atomic E-state index is 0.0511. The average Bonchev–Trinajstić information content (AvgIpc) is 3.38. The lowest BCUT2D eigenvalue weighted by Crippen LogP contribution is -2.36. The van der Waals surface area contributed by atoms with Crippen LogP contribution in [0.5, 0.6) is 11.5 Å². The lowest BCUT2D eigenvalue weighted by atomic mass is 9.94. The summed E-state index contributed by atoms with van der Waals surface area (Å²) in [6, 6.07) is 13.8. The van der Waals surface area contributed by atoms with Crippen molar-refractivity contribution in [3.05, 3.63) is 59.7 Å². The van der Waals surface area contributed by atoms with Gasteiger partial charge in [-0.15, -0.1) is 0 Å². The number of hydrogen-bond donors (Lipinski definition) is 1. The molecule has 13 heteroatoms. The summed E-state index contributed by atoms with van der Waals surface area (Å²) in [6.45, 7) is 12.1. The summed E-state index contributed by atoms with van der Waals surface area (Å²) >= 11 is 0. The largest absolute Gasteiger partial charge is 0.508 e. The fraction of sp³-hybridized carbons (Fsp3) is 0.733. The molecule has 0 unspecified atom stereocenters. The molecule has 0 spiro atoms. The van der Waals surface area contributed by atoms with Crippen LogP contribution in [0, 0.1) is 11.8 Å². The molecule has 4 rings (SSSR count). The smallest absolute Gasteiger partial charge is 0.311 e. The van der Waals surface area contributed by atoms with Crippen LogP contribution in [0.15, 0.2) is 48.5 Å². The minimum atomic E-state index is -0.253. The number of rotatable bonds is 41. The third kappa shape index (κ3) is 30.8. The van der Waals surface area contributed by atoms with E-state index in [2.05, 4.69) is 23.6 Å². The van der Waals surface area contributed by atoms with Gasteiger partial charge in [0.1, 0.15) is 17.6 Å². The summed E-state index contributed by atoms with van der Waals surface area (Å²) in [4.78, 5) is 55.2. The standard InChI is InChI=1S/C60H96N2O9S2/c1-3-5-7-9-12-16-20-55(21-17-13-10-8-6-4-2)70-57(64)22-18-14-11-15-19-23-58(65)71-56-30-26-53(27-31-56)49-60(67)69-45-37-51-34-40-62(41-35-51)43-47-73-72-46-42-61-38-32-50(33-39-61)36-44-68-59(66)48-52-24-28-54(63)29-25-52/h24-31,50-51,55,63H,3-23,32-49H2,1-2H3. The molecule has 0 atom stereocenters. The number of ether oxygens (including phenoxy) is 4. The highest BCUT2D eigenvalue weighted by molar-refractivity contribution is 8.76. The molecule has 0 amide bonds. The highest BCUT2D eigenvalue weighted by Crippen LogP contribution is 2.27. The molecular formula is C60H96N2O9S2. The van der Waals surface area contributed by atoms with E-state index in [9.17, 15) is 24.3 Å². The first-order valence-electron chi connectivity index (χ1n) is 29.0. The van der Waals surface area contributed by atoms with Crippen LogP contribution < -0.4 is 4.74 Å². The quantitative estimate of drug-likeness (QED) is 0.0223. The topological polar surface area (TPSA) is 132 Å². The number of carbonyl (C=O) groups excluding carboxylic acids is 4. The van der Waals surface area contributed by atoms with Gasteiger partial charge in [-0.05, 0) is 150 Å². The Bertz CT molecular complexity index is 1730. The number of phenolic OH excluding ortho intramolecular Hbond substituents is 1. The van der Waals surface area contributed by atoms with Crippen LogP contribution >= 0.6 is 21.6 Å². The lowest BCUT2D eigenvalue weighted by molar-refractivity contribution is -0.150. The van der Waals surface area contributed by atoms with Crippen LogP contribution in [0.25, 0.3) is 0 Å². The maximum Gasteiger partial charge on any atom is 0.311 e. The Hall–Kier alpha value is -3.26. The minimum Gasteiger partial charge on any atom is -0.508 e. The Kier molecular flexibility index (Phi) is 34.2. The molecule has 0 radical (unpaired) electrons. The molecule has 0 aliphatic carbocycles. The van der Waals surface area contributed by atoms with Gasteiger partial charge in [-0.2, -0.15) is 0 Å². The van der Waals surface area contributed by atoms with E-state index >= 15 is 0 Å². The predicted octanol–water partition coefficient (Wildman–Crippen LogP) is 13.9. The molecule has 2 aliphatic rings. The molecule has 2 saturated heterocycles. The zero-order valence-electron chi connectivity index (χ0n) is 45.4. The second kappa shape index (κ2) is 40.1. The highest BCUT2D eigenvalue weighted by Gasteiger charge is 2.22. The maximum atomic E-state index is 12.7. The fourth-order valence-corrected chi connectivity index (χ4v) is 12.0. The van der Waals surface area contributed by atoms with Crippen LogP contribution in [0.3, 0.4) is 0 Å². The number of phenols is 1. The lowest BCUT2D eigenvalue weighted by Gasteiger charge is -2.32. The van der Waals surface area contributed by atoms with E-state index < -0.39 is 0 Å². The van der Waals surface area contributed by atoms with Crippen molar-refractivity contribution in [1.29, 1.82) is 0 Å². The van der Waals surface area contributed by atoms with Crippen molar-refractivity contribution < 1.29 is 43.2 Å². The van der Waals surface area contributed by atoms with Crippen LogP contribution in [0.2, 0.25) is 0 Å². The number of aromatic hydroxyl groups is 1. The second-order valence-corrected chi connectivity index (χ2v) is 23.6. The SMILES string of the molecule is CCCCCCCCC(CCCCCCCC)OC(=O)CCCCCCCC(=O)Oc1ccc(CC(=O)OCCC2CCN(CCSSCCN3CCC(CCOC(=O)Cc4ccc(O)cc4)CC3)CC2)cc1. The van der Waals surface area contributed by atoms with Gasteiger partial charge in [-0.25, -0.2) is 0 Å². The number of unbranched alkanes of at least 4 members (excludes halogenated alkanes) is 14. The Morgan fingerprint density at radius 1 is 0.534 bits per heavy atom. The van der Waals surface area contributed by atoms with Crippen LogP contribution in [-0.4, -0.2) is 109 Å². The van der Waals surface area contributed by atoms with Crippen LogP contribution in [0.1, 0.15) is 198 Å². The number of likely N-dealkylation sites (tertiary alicyclic amines) is 2. The second-order valence-electron chi connectivity index (χ2n) is 20.9. The molecule has 2 aromatic rings. The van der Waals surface area contributed by atoms with Gasteiger partial charge in [0.25, 0.3) is 0 Å². The van der Waals surface area contributed by atoms with Gasteiger partial charge in [0.05, 0.1) is 26.1 Å². The van der Waals surface area contributed by atoms with Gasteiger partial charge in [-0.3, -0.25) is 19.2 Å². The normalized spacial score (nSPS) is 14.9. The number of nitrogens with zero attached hydrogens (tertiary/aromatic N) is 2. The molecule has 11 nitrogen and oxygen atoms in total. The van der Waals surface area contributed by atoms with E-state index in [1.54, 1.807) is 36.4 Å². The van der Waals surface area contributed by atoms with Gasteiger partial charge in [0.2, 0.25) is 0 Å². The Morgan fingerprint density at radius 2 is 0.945 bits per heavy atom. The zero-order chi connectivity index (χ0) is 52.0. The van der Waals surface area contributed by atoms with E-state index in [1.165, 1.54) is 64.2 Å². The molecule has 1 N–H and O–H groups in total. The molecule has 2 aromatic carbocycles. The summed E-state index contributed by atoms with van der Waals surface area (Å²) in [5.74, 6) is 3.41. The first-order valence-corrected chi connectivity index (χ1v) is 31.4.